The number of aliphatic hydroxyl groups is 1. The third-order valence-electron chi connectivity index (χ3n) is 9.18. The van der Waals surface area contributed by atoms with Crippen molar-refractivity contribution in [3.05, 3.63) is 45.2 Å². The Hall–Kier alpha value is -3.10. The highest BCUT2D eigenvalue weighted by atomic mass is 16.7. The van der Waals surface area contributed by atoms with Gasteiger partial charge in [-0.25, -0.2) is 0 Å². The van der Waals surface area contributed by atoms with Crippen LogP contribution in [0, 0.1) is 18.3 Å². The summed E-state index contributed by atoms with van der Waals surface area (Å²) < 4.78 is 17.4. The molecular formula is C28H34N4O6. The second kappa shape index (κ2) is 8.99. The highest BCUT2D eigenvalue weighted by Crippen LogP contribution is 2.55. The van der Waals surface area contributed by atoms with Crippen molar-refractivity contribution < 1.29 is 29.2 Å². The minimum absolute atomic E-state index is 0.0905. The number of ether oxygens (including phenoxy) is 3. The van der Waals surface area contributed by atoms with E-state index in [1.165, 1.54) is 6.92 Å². The van der Waals surface area contributed by atoms with Crippen molar-refractivity contribution in [1.82, 2.24) is 15.1 Å². The number of nitrogens with one attached hydrogen (secondary N) is 1. The smallest absolute Gasteiger partial charge is 0.216 e. The van der Waals surface area contributed by atoms with Crippen molar-refractivity contribution in [1.29, 1.82) is 5.26 Å². The van der Waals surface area contributed by atoms with E-state index < -0.39 is 24.3 Å². The maximum atomic E-state index is 12.1. The van der Waals surface area contributed by atoms with Crippen molar-refractivity contribution in [3.63, 3.8) is 0 Å². The molecule has 2 bridgehead atoms. The minimum Gasteiger partial charge on any atom is -0.504 e. The lowest BCUT2D eigenvalue weighted by molar-refractivity contribution is -0.119. The zero-order valence-corrected chi connectivity index (χ0v) is 22.3. The fourth-order valence-electron chi connectivity index (χ4n) is 7.61. The third kappa shape index (κ3) is 3.35. The molecule has 1 aliphatic carbocycles. The summed E-state index contributed by atoms with van der Waals surface area (Å²) in [5.74, 6) is 1.02. The Morgan fingerprint density at radius 1 is 1.32 bits per heavy atom. The van der Waals surface area contributed by atoms with E-state index in [1.54, 1.807) is 7.11 Å². The number of piperazine rings is 1. The molecular weight excluding hydrogens is 488 g/mol. The van der Waals surface area contributed by atoms with Gasteiger partial charge in [-0.1, -0.05) is 6.07 Å². The van der Waals surface area contributed by atoms with Gasteiger partial charge < -0.3 is 29.7 Å². The highest BCUT2D eigenvalue weighted by molar-refractivity contribution is 5.73. The Bertz CT molecular complexity index is 1320. The molecule has 5 aliphatic rings. The molecule has 1 amide bonds. The molecule has 202 valence electrons. The fraction of sp³-hybridized carbons (Fsp3) is 0.571. The molecule has 2 fully saturated rings. The Morgan fingerprint density at radius 2 is 2.08 bits per heavy atom. The molecule has 1 aromatic carbocycles. The van der Waals surface area contributed by atoms with Crippen LogP contribution in [0.1, 0.15) is 43.0 Å². The second-order valence-corrected chi connectivity index (χ2v) is 11.0. The van der Waals surface area contributed by atoms with Gasteiger partial charge in [-0.15, -0.1) is 0 Å². The maximum absolute atomic E-state index is 12.1. The van der Waals surface area contributed by atoms with E-state index in [4.69, 9.17) is 14.2 Å². The number of aliphatic hydroxyl groups excluding tert-OH is 1. The summed E-state index contributed by atoms with van der Waals surface area (Å²) in [7, 11) is 3.56. The number of phenolic OH excluding ortho intramolecular Hbond substituents is 1. The Balaban J connectivity index is 1.56. The number of nitriles is 1. The van der Waals surface area contributed by atoms with Crippen molar-refractivity contribution in [2.75, 3.05) is 27.5 Å². The number of phenols is 1. The highest BCUT2D eigenvalue weighted by Gasteiger charge is 2.58. The molecule has 38 heavy (non-hydrogen) atoms. The number of rotatable bonds is 3. The fourth-order valence-corrected chi connectivity index (χ4v) is 7.61. The molecule has 4 aliphatic heterocycles. The van der Waals surface area contributed by atoms with Crippen LogP contribution in [0.3, 0.4) is 0 Å². The first-order valence-corrected chi connectivity index (χ1v) is 13.1. The Kier molecular flexibility index (Phi) is 5.96. The average molecular weight is 523 g/mol. The zero-order chi connectivity index (χ0) is 27.0. The summed E-state index contributed by atoms with van der Waals surface area (Å²) in [6.07, 6.45) is -0.244. The SMILES string of the molecule is COc1c(C)cc2c(c1O)C1C3CC4=C(C5OCOC5=C(C)C4O)[C@H](CNC(C)=O)N3[C@@H](C#N)[C@H](C2)N1C. The number of carbonyl (C=O) groups is 1. The van der Waals surface area contributed by atoms with Gasteiger partial charge in [0.05, 0.1) is 31.4 Å². The first-order chi connectivity index (χ1) is 18.2. The molecule has 10 nitrogen and oxygen atoms in total. The number of nitrogens with zero attached hydrogens (tertiary/aromatic N) is 3. The first-order valence-electron chi connectivity index (χ1n) is 13.1. The van der Waals surface area contributed by atoms with Crippen LogP contribution in [0.25, 0.3) is 0 Å². The van der Waals surface area contributed by atoms with Crippen LogP contribution in [0.5, 0.6) is 11.5 Å². The minimum atomic E-state index is -0.854. The second-order valence-electron chi connectivity index (χ2n) is 11.0. The molecule has 4 unspecified atom stereocenters. The van der Waals surface area contributed by atoms with Crippen molar-refractivity contribution >= 4 is 5.91 Å². The van der Waals surface area contributed by atoms with Gasteiger partial charge in [0, 0.05) is 36.7 Å². The predicted octanol–water partition coefficient (Wildman–Crippen LogP) is 1.41. The molecule has 0 saturated carbocycles. The van der Waals surface area contributed by atoms with Crippen molar-refractivity contribution in [2.45, 2.75) is 76.0 Å². The van der Waals surface area contributed by atoms with E-state index in [1.807, 2.05) is 20.9 Å². The summed E-state index contributed by atoms with van der Waals surface area (Å²) in [5, 5.41) is 36.5. The van der Waals surface area contributed by atoms with Crippen LogP contribution in [0.2, 0.25) is 0 Å². The summed E-state index contributed by atoms with van der Waals surface area (Å²) in [5.41, 5.74) is 5.10. The van der Waals surface area contributed by atoms with Gasteiger partial charge in [0.15, 0.2) is 18.3 Å². The van der Waals surface area contributed by atoms with E-state index in [9.17, 15) is 20.3 Å². The normalized spacial score (nSPS) is 34.0. The van der Waals surface area contributed by atoms with Crippen LogP contribution >= 0.6 is 0 Å². The molecule has 3 N–H and O–H groups in total. The van der Waals surface area contributed by atoms with Crippen LogP contribution < -0.4 is 10.1 Å². The van der Waals surface area contributed by atoms with E-state index >= 15 is 0 Å². The summed E-state index contributed by atoms with van der Waals surface area (Å²) in [6, 6.07) is 3.13. The van der Waals surface area contributed by atoms with Crippen LogP contribution in [0.4, 0.5) is 0 Å². The Labute approximate surface area is 222 Å². The number of benzene rings is 1. The number of hydrogen-bond donors (Lipinski definition) is 3. The number of likely N-dealkylation sites (N-methyl/N-ethyl adjacent to an activating group) is 1. The van der Waals surface area contributed by atoms with E-state index in [0.717, 1.165) is 33.4 Å². The number of carbonyl (C=O) groups excluding carboxylic acids is 1. The summed E-state index contributed by atoms with van der Waals surface area (Å²) >= 11 is 0. The van der Waals surface area contributed by atoms with Gasteiger partial charge in [0.1, 0.15) is 17.9 Å². The number of aromatic hydroxyl groups is 1. The van der Waals surface area contributed by atoms with Crippen LogP contribution in [0.15, 0.2) is 28.5 Å². The van der Waals surface area contributed by atoms with Gasteiger partial charge >= 0.3 is 0 Å². The molecule has 0 aromatic heterocycles. The van der Waals surface area contributed by atoms with Crippen molar-refractivity contribution in [2.24, 2.45) is 0 Å². The first kappa shape index (κ1) is 25.2. The average Bonchev–Trinajstić information content (AvgIpc) is 3.36. The van der Waals surface area contributed by atoms with Gasteiger partial charge in [0.25, 0.3) is 0 Å². The number of hydrogen-bond acceptors (Lipinski definition) is 9. The van der Waals surface area contributed by atoms with E-state index in [0.29, 0.717) is 24.4 Å². The summed E-state index contributed by atoms with van der Waals surface area (Å²) in [4.78, 5) is 16.5. The van der Waals surface area contributed by atoms with Crippen LogP contribution in [-0.2, 0) is 20.7 Å². The van der Waals surface area contributed by atoms with Gasteiger partial charge in [-0.3, -0.25) is 14.6 Å². The van der Waals surface area contributed by atoms with E-state index in [-0.39, 0.29) is 43.1 Å². The molecule has 0 radical (unpaired) electrons. The number of aryl methyl sites for hydroxylation is 1. The number of amides is 1. The Morgan fingerprint density at radius 3 is 2.76 bits per heavy atom. The lowest BCUT2D eigenvalue weighted by atomic mass is 9.69. The van der Waals surface area contributed by atoms with Gasteiger partial charge in [-0.05, 0) is 56.0 Å². The van der Waals surface area contributed by atoms with E-state index in [2.05, 4.69) is 27.3 Å². The lowest BCUT2D eigenvalue weighted by Crippen LogP contribution is -2.71. The van der Waals surface area contributed by atoms with Gasteiger partial charge in [-0.2, -0.15) is 5.26 Å². The number of methoxy groups -OCH3 is 1. The van der Waals surface area contributed by atoms with Gasteiger partial charge in [0.2, 0.25) is 5.91 Å². The monoisotopic (exact) mass is 522 g/mol. The molecule has 6 rings (SSSR count). The molecule has 2 saturated heterocycles. The van der Waals surface area contributed by atoms with Crippen LogP contribution in [-0.4, -0.2) is 89.8 Å². The molecule has 7 atom stereocenters. The number of fused-ring (bicyclic) bond motifs is 8. The molecule has 1 aromatic rings. The largest absolute Gasteiger partial charge is 0.504 e. The van der Waals surface area contributed by atoms with Crippen molar-refractivity contribution in [3.8, 4) is 17.6 Å². The lowest BCUT2D eigenvalue weighted by Gasteiger charge is -2.61. The topological polar surface area (TPSA) is 128 Å². The quantitative estimate of drug-likeness (QED) is 0.505. The zero-order valence-electron chi connectivity index (χ0n) is 22.3. The maximum Gasteiger partial charge on any atom is 0.216 e. The standard InChI is InChI=1S/C28H34N4O6/c1-12-6-15-7-17-19(9-29)32-18(23(31(17)4)21(15)25(35)26(12)36-5)8-16-22(20(32)10-30-14(3)33)28-27(37-11-38-28)13(2)24(16)34/h6,17-20,23-24,28,34-35H,7-8,10-11H2,1-5H3,(H,30,33)/t17-,18?,19-,20-,23?,24?,28?/m0/s1. The molecule has 10 heteroatoms. The molecule has 4 heterocycles. The summed E-state index contributed by atoms with van der Waals surface area (Å²) in [6.45, 7) is 5.60. The molecule has 0 spiro atoms. The predicted molar refractivity (Wildman–Crippen MR) is 136 cm³/mol. The third-order valence-corrected chi connectivity index (χ3v) is 9.18.